The molecule has 0 aliphatic carbocycles. The minimum absolute atomic E-state index is 0.558. The molecule has 0 aromatic carbocycles. The molecule has 0 saturated carbocycles. The molecule has 14 heteroatoms. The van der Waals surface area contributed by atoms with Crippen molar-refractivity contribution in [3.05, 3.63) is 36.5 Å². The average molecular weight is 436 g/mol. The van der Waals surface area contributed by atoms with E-state index >= 15 is 0 Å². The summed E-state index contributed by atoms with van der Waals surface area (Å²) in [5, 5.41) is 46.9. The maximum Gasteiger partial charge on any atom is 0.328 e. The van der Waals surface area contributed by atoms with Crippen LogP contribution in [0, 0.1) is 0 Å². The molecular formula is C16H20O14. The first-order chi connectivity index (χ1) is 13.7. The largest absolute Gasteiger partial charge is 0.478 e. The third kappa shape index (κ3) is 109. The van der Waals surface area contributed by atoms with Crippen molar-refractivity contribution < 1.29 is 69.0 Å². The Kier molecular flexibility index (Phi) is 35.3. The SMILES string of the molecule is CC=O.CC=O.O=C(O)/C=C/C(=O)O.O=C(O)/C=C/C(=O)O.O=C(O)/C=C/C(=O)O. The van der Waals surface area contributed by atoms with Gasteiger partial charge in [-0.15, -0.1) is 0 Å². The summed E-state index contributed by atoms with van der Waals surface area (Å²) in [6.07, 6.45) is 4.85. The van der Waals surface area contributed by atoms with Gasteiger partial charge in [0.1, 0.15) is 12.6 Å². The predicted molar refractivity (Wildman–Crippen MR) is 96.7 cm³/mol. The average Bonchev–Trinajstić information content (AvgIpc) is 2.59. The van der Waals surface area contributed by atoms with Gasteiger partial charge >= 0.3 is 35.8 Å². The molecule has 0 aliphatic heterocycles. The highest BCUT2D eigenvalue weighted by atomic mass is 16.4. The number of carbonyl (C=O) groups is 8. The van der Waals surface area contributed by atoms with E-state index in [1.165, 1.54) is 13.8 Å². The Balaban J connectivity index is -0.0000000919. The van der Waals surface area contributed by atoms with Gasteiger partial charge in [-0.05, 0) is 13.8 Å². The van der Waals surface area contributed by atoms with Crippen LogP contribution in [0.4, 0.5) is 0 Å². The van der Waals surface area contributed by atoms with Crippen LogP contribution in [0.2, 0.25) is 0 Å². The highest BCUT2D eigenvalue weighted by Crippen LogP contribution is 1.71. The van der Waals surface area contributed by atoms with E-state index in [-0.39, 0.29) is 0 Å². The summed E-state index contributed by atoms with van der Waals surface area (Å²) in [6.45, 7) is 2.89. The van der Waals surface area contributed by atoms with Crippen molar-refractivity contribution in [2.75, 3.05) is 0 Å². The molecule has 0 saturated heterocycles. The van der Waals surface area contributed by atoms with Gasteiger partial charge < -0.3 is 40.2 Å². The van der Waals surface area contributed by atoms with E-state index in [2.05, 4.69) is 0 Å². The summed E-state index contributed by atoms with van der Waals surface area (Å²) in [6, 6.07) is 0. The third-order valence-corrected chi connectivity index (χ3v) is 1.11. The second kappa shape index (κ2) is 29.2. The molecule has 14 nitrogen and oxygen atoms in total. The fraction of sp³-hybridized carbons (Fsp3) is 0.125. The van der Waals surface area contributed by atoms with Gasteiger partial charge in [-0.3, -0.25) is 0 Å². The first-order valence-corrected chi connectivity index (χ1v) is 6.92. The zero-order valence-corrected chi connectivity index (χ0v) is 15.6. The molecule has 0 aliphatic rings. The Morgan fingerprint density at radius 3 is 0.500 bits per heavy atom. The van der Waals surface area contributed by atoms with Gasteiger partial charge in [0.05, 0.1) is 0 Å². The molecule has 0 radical (unpaired) electrons. The Labute approximate surface area is 168 Å². The number of rotatable bonds is 6. The van der Waals surface area contributed by atoms with Crippen LogP contribution >= 0.6 is 0 Å². The lowest BCUT2D eigenvalue weighted by Gasteiger charge is -1.74. The van der Waals surface area contributed by atoms with E-state index in [1.807, 2.05) is 0 Å². The van der Waals surface area contributed by atoms with E-state index < -0.39 is 35.8 Å². The second-order valence-electron chi connectivity index (χ2n) is 3.50. The number of hydrogen-bond donors (Lipinski definition) is 6. The van der Waals surface area contributed by atoms with Crippen molar-refractivity contribution in [1.29, 1.82) is 0 Å². The normalized spacial score (nSPS) is 8.47. The van der Waals surface area contributed by atoms with Gasteiger partial charge in [-0.25, -0.2) is 28.8 Å². The first-order valence-electron chi connectivity index (χ1n) is 6.92. The van der Waals surface area contributed by atoms with Gasteiger partial charge in [0, 0.05) is 36.5 Å². The zero-order valence-electron chi connectivity index (χ0n) is 15.6. The standard InChI is InChI=1S/3C4H4O4.2C2H4O/c3*5-3(6)1-2-4(7)8;2*1-2-3/h3*1-2H,(H,5,6)(H,7,8);2*2H,1H3/b3*2-1+;;. The molecule has 0 aromatic rings. The van der Waals surface area contributed by atoms with Crippen LogP contribution in [0.25, 0.3) is 0 Å². The maximum atomic E-state index is 9.55. The monoisotopic (exact) mass is 436 g/mol. The van der Waals surface area contributed by atoms with Crippen LogP contribution in [0.5, 0.6) is 0 Å². The molecule has 0 atom stereocenters. The first kappa shape index (κ1) is 36.3. The Morgan fingerprint density at radius 2 is 0.467 bits per heavy atom. The van der Waals surface area contributed by atoms with E-state index in [1.54, 1.807) is 0 Å². The van der Waals surface area contributed by atoms with Crippen molar-refractivity contribution in [3.8, 4) is 0 Å². The molecule has 30 heavy (non-hydrogen) atoms. The summed E-state index contributed by atoms with van der Waals surface area (Å²) in [7, 11) is 0. The van der Waals surface area contributed by atoms with Crippen molar-refractivity contribution in [2.45, 2.75) is 13.8 Å². The predicted octanol–water partition coefficient (Wildman–Crippen LogP) is -0.454. The van der Waals surface area contributed by atoms with Crippen LogP contribution in [-0.2, 0) is 38.4 Å². The summed E-state index contributed by atoms with van der Waals surface area (Å²) >= 11 is 0. The lowest BCUT2D eigenvalue weighted by atomic mass is 10.5. The molecule has 0 fully saturated rings. The summed E-state index contributed by atoms with van der Waals surface area (Å²) in [4.78, 5) is 74.9. The summed E-state index contributed by atoms with van der Waals surface area (Å²) in [5.41, 5.74) is 0. The molecular weight excluding hydrogens is 416 g/mol. The zero-order chi connectivity index (χ0) is 25.1. The van der Waals surface area contributed by atoms with Crippen LogP contribution in [0.15, 0.2) is 36.5 Å². The Morgan fingerprint density at radius 1 is 0.400 bits per heavy atom. The van der Waals surface area contributed by atoms with E-state index in [9.17, 15) is 28.8 Å². The van der Waals surface area contributed by atoms with Gasteiger partial charge in [-0.2, -0.15) is 0 Å². The van der Waals surface area contributed by atoms with Crippen LogP contribution in [0.1, 0.15) is 13.8 Å². The minimum atomic E-state index is -1.26. The van der Waals surface area contributed by atoms with E-state index in [0.717, 1.165) is 12.6 Å². The van der Waals surface area contributed by atoms with Crippen molar-refractivity contribution in [2.24, 2.45) is 0 Å². The fourth-order valence-electron chi connectivity index (χ4n) is 0.428. The highest BCUT2D eigenvalue weighted by molar-refractivity contribution is 5.90. The van der Waals surface area contributed by atoms with Gasteiger partial charge in [0.2, 0.25) is 0 Å². The molecule has 0 unspecified atom stereocenters. The lowest BCUT2D eigenvalue weighted by Crippen LogP contribution is -1.91. The second-order valence-corrected chi connectivity index (χ2v) is 3.50. The summed E-state index contributed by atoms with van der Waals surface area (Å²) in [5.74, 6) is -7.54. The van der Waals surface area contributed by atoms with E-state index in [4.69, 9.17) is 40.2 Å². The number of aliphatic carboxylic acids is 6. The molecule has 0 bridgehead atoms. The van der Waals surface area contributed by atoms with Crippen molar-refractivity contribution in [3.63, 3.8) is 0 Å². The molecule has 0 amide bonds. The van der Waals surface area contributed by atoms with Gasteiger partial charge in [0.15, 0.2) is 0 Å². The minimum Gasteiger partial charge on any atom is -0.478 e. The molecule has 168 valence electrons. The molecule has 6 N–H and O–H groups in total. The van der Waals surface area contributed by atoms with Crippen molar-refractivity contribution >= 4 is 48.4 Å². The summed E-state index contributed by atoms with van der Waals surface area (Å²) < 4.78 is 0. The quantitative estimate of drug-likeness (QED) is 0.227. The molecule has 0 rings (SSSR count). The number of carboxylic acids is 6. The molecule has 0 aromatic heterocycles. The Bertz CT molecular complexity index is 520. The lowest BCUT2D eigenvalue weighted by molar-refractivity contribution is -0.134. The molecule has 0 spiro atoms. The number of carboxylic acid groups (broad SMARTS) is 6. The van der Waals surface area contributed by atoms with Crippen molar-refractivity contribution in [1.82, 2.24) is 0 Å². The number of carbonyl (C=O) groups excluding carboxylic acids is 2. The van der Waals surface area contributed by atoms with E-state index in [0.29, 0.717) is 36.5 Å². The highest BCUT2D eigenvalue weighted by Gasteiger charge is 1.89. The van der Waals surface area contributed by atoms with Gasteiger partial charge in [0.25, 0.3) is 0 Å². The number of hydrogen-bond acceptors (Lipinski definition) is 8. The van der Waals surface area contributed by atoms with Crippen LogP contribution < -0.4 is 0 Å². The third-order valence-electron chi connectivity index (χ3n) is 1.11. The topological polar surface area (TPSA) is 258 Å². The number of aldehydes is 2. The fourth-order valence-corrected chi connectivity index (χ4v) is 0.428. The van der Waals surface area contributed by atoms with Crippen LogP contribution in [0.3, 0.4) is 0 Å². The smallest absolute Gasteiger partial charge is 0.328 e. The maximum absolute atomic E-state index is 9.55. The van der Waals surface area contributed by atoms with Crippen LogP contribution in [-0.4, -0.2) is 79.0 Å². The Hall–Kier alpha value is -4.62. The van der Waals surface area contributed by atoms with Gasteiger partial charge in [-0.1, -0.05) is 0 Å². The molecule has 0 heterocycles.